The topological polar surface area (TPSA) is 75.7 Å². The number of halogens is 3. The Morgan fingerprint density at radius 3 is 2.54 bits per heavy atom. The van der Waals surface area contributed by atoms with E-state index in [1.165, 1.54) is 42.2 Å². The fourth-order valence-electron chi connectivity index (χ4n) is 2.91. The highest BCUT2D eigenvalue weighted by Gasteiger charge is 2.34. The third kappa shape index (κ3) is 3.91. The molecule has 28 heavy (non-hydrogen) atoms. The van der Waals surface area contributed by atoms with Crippen molar-refractivity contribution >= 4 is 27.3 Å². The van der Waals surface area contributed by atoms with E-state index in [0.717, 1.165) is 12.1 Å². The van der Waals surface area contributed by atoms with Gasteiger partial charge in [-0.05, 0) is 37.3 Å². The maximum absolute atomic E-state index is 13.1. The van der Waals surface area contributed by atoms with Crippen molar-refractivity contribution in [2.45, 2.75) is 31.0 Å². The second kappa shape index (κ2) is 7.01. The molecule has 1 N–H and O–H groups in total. The average Bonchev–Trinajstić information content (AvgIpc) is 2.59. The van der Waals surface area contributed by atoms with Crippen LogP contribution < -0.4 is 14.4 Å². The second-order valence-electron chi connectivity index (χ2n) is 6.34. The molecule has 1 amide bonds. The molecule has 0 bridgehead atoms. The number of sulfonamides is 1. The van der Waals surface area contributed by atoms with Crippen LogP contribution in [0.3, 0.4) is 0 Å². The third-order valence-electron chi connectivity index (χ3n) is 4.16. The SMILES string of the molecule is CC(=O)N1CC(C)Oc2ccc(S(=O)(=O)Nc3ccccc3C(F)(F)F)cc21. The number of carbonyl (C=O) groups excluding carboxylic acids is 1. The van der Waals surface area contributed by atoms with E-state index < -0.39 is 27.5 Å². The van der Waals surface area contributed by atoms with Crippen molar-refractivity contribution in [3.05, 3.63) is 48.0 Å². The Morgan fingerprint density at radius 2 is 1.89 bits per heavy atom. The van der Waals surface area contributed by atoms with Crippen LogP contribution in [0.5, 0.6) is 5.75 Å². The zero-order chi connectivity index (χ0) is 20.7. The molecule has 6 nitrogen and oxygen atoms in total. The fourth-order valence-corrected chi connectivity index (χ4v) is 4.00. The highest BCUT2D eigenvalue weighted by atomic mass is 32.2. The quantitative estimate of drug-likeness (QED) is 0.832. The van der Waals surface area contributed by atoms with Gasteiger partial charge in [-0.2, -0.15) is 13.2 Å². The van der Waals surface area contributed by atoms with Crippen LogP contribution in [0, 0.1) is 0 Å². The van der Waals surface area contributed by atoms with Gasteiger partial charge in [-0.3, -0.25) is 9.52 Å². The molecule has 0 radical (unpaired) electrons. The molecule has 1 unspecified atom stereocenters. The van der Waals surface area contributed by atoms with Gasteiger partial charge < -0.3 is 9.64 Å². The van der Waals surface area contributed by atoms with E-state index in [2.05, 4.69) is 0 Å². The molecule has 1 atom stereocenters. The largest absolute Gasteiger partial charge is 0.487 e. The number of hydrogen-bond acceptors (Lipinski definition) is 4. The van der Waals surface area contributed by atoms with E-state index in [4.69, 9.17) is 4.74 Å². The number of ether oxygens (including phenoxy) is 1. The summed E-state index contributed by atoms with van der Waals surface area (Å²) in [6.07, 6.45) is -5.00. The number of fused-ring (bicyclic) bond motifs is 1. The van der Waals surface area contributed by atoms with Crippen molar-refractivity contribution in [2.24, 2.45) is 0 Å². The van der Waals surface area contributed by atoms with Gasteiger partial charge in [0.15, 0.2) is 0 Å². The summed E-state index contributed by atoms with van der Waals surface area (Å²) in [7, 11) is -4.34. The van der Waals surface area contributed by atoms with Crippen molar-refractivity contribution in [3.63, 3.8) is 0 Å². The van der Waals surface area contributed by atoms with Gasteiger partial charge in [-0.15, -0.1) is 0 Å². The molecule has 150 valence electrons. The van der Waals surface area contributed by atoms with Crippen LogP contribution in [-0.4, -0.2) is 27.0 Å². The Hall–Kier alpha value is -2.75. The van der Waals surface area contributed by atoms with Gasteiger partial charge in [0.05, 0.1) is 28.4 Å². The van der Waals surface area contributed by atoms with Gasteiger partial charge >= 0.3 is 6.18 Å². The Labute approximate surface area is 160 Å². The lowest BCUT2D eigenvalue weighted by molar-refractivity contribution is -0.136. The first-order valence-electron chi connectivity index (χ1n) is 8.27. The van der Waals surface area contributed by atoms with Crippen LogP contribution in [0.2, 0.25) is 0 Å². The lowest BCUT2D eigenvalue weighted by atomic mass is 10.2. The molecule has 10 heteroatoms. The monoisotopic (exact) mass is 414 g/mol. The van der Waals surface area contributed by atoms with Gasteiger partial charge in [0.25, 0.3) is 10.0 Å². The lowest BCUT2D eigenvalue weighted by Gasteiger charge is -2.33. The minimum Gasteiger partial charge on any atom is -0.487 e. The number of benzene rings is 2. The number of carbonyl (C=O) groups is 1. The Kier molecular flexibility index (Phi) is 5.00. The van der Waals surface area contributed by atoms with E-state index >= 15 is 0 Å². The highest BCUT2D eigenvalue weighted by molar-refractivity contribution is 7.92. The Balaban J connectivity index is 2.01. The van der Waals surface area contributed by atoms with E-state index in [9.17, 15) is 26.4 Å². The van der Waals surface area contributed by atoms with Gasteiger partial charge in [0.1, 0.15) is 11.9 Å². The highest BCUT2D eigenvalue weighted by Crippen LogP contribution is 2.38. The van der Waals surface area contributed by atoms with E-state index in [1.807, 2.05) is 4.72 Å². The molecule has 2 aromatic rings. The summed E-state index contributed by atoms with van der Waals surface area (Å²) in [6, 6.07) is 8.10. The molecule has 0 saturated heterocycles. The standard InChI is InChI=1S/C18H17F3N2O4S/c1-11-10-23(12(2)24)16-9-13(7-8-17(16)27-11)28(25,26)22-15-6-4-3-5-14(15)18(19,20)21/h3-9,11,22H,10H2,1-2H3. The van der Waals surface area contributed by atoms with Crippen LogP contribution in [-0.2, 0) is 21.0 Å². The molecular weight excluding hydrogens is 397 g/mol. The number of nitrogens with zero attached hydrogens (tertiary/aromatic N) is 1. The molecule has 0 aliphatic carbocycles. The van der Waals surface area contributed by atoms with Gasteiger partial charge in [0, 0.05) is 6.92 Å². The summed E-state index contributed by atoms with van der Waals surface area (Å²) in [5.74, 6) is 0.0184. The first kappa shape index (κ1) is 20.0. The summed E-state index contributed by atoms with van der Waals surface area (Å²) in [5, 5.41) is 0. The summed E-state index contributed by atoms with van der Waals surface area (Å²) in [4.78, 5) is 13.0. The first-order valence-corrected chi connectivity index (χ1v) is 9.75. The summed E-state index contributed by atoms with van der Waals surface area (Å²) in [6.45, 7) is 3.33. The predicted molar refractivity (Wildman–Crippen MR) is 96.8 cm³/mol. The maximum Gasteiger partial charge on any atom is 0.418 e. The fraction of sp³-hybridized carbons (Fsp3) is 0.278. The minimum absolute atomic E-state index is 0.232. The summed E-state index contributed by atoms with van der Waals surface area (Å²) in [5.41, 5.74) is -1.43. The molecule has 1 aliphatic heterocycles. The average molecular weight is 414 g/mol. The minimum atomic E-state index is -4.72. The number of rotatable bonds is 3. The summed E-state index contributed by atoms with van der Waals surface area (Å²) < 4.78 is 72.3. The molecule has 0 saturated carbocycles. The first-order chi connectivity index (χ1) is 13.0. The maximum atomic E-state index is 13.1. The number of amides is 1. The zero-order valence-electron chi connectivity index (χ0n) is 14.9. The van der Waals surface area contributed by atoms with Gasteiger partial charge in [0.2, 0.25) is 5.91 Å². The lowest BCUT2D eigenvalue weighted by Crippen LogP contribution is -2.41. The van der Waals surface area contributed by atoms with E-state index in [0.29, 0.717) is 5.75 Å². The molecule has 0 fully saturated rings. The number of nitrogens with one attached hydrogen (secondary N) is 1. The Bertz CT molecular complexity index is 1020. The molecule has 1 heterocycles. The number of hydrogen-bond donors (Lipinski definition) is 1. The number of anilines is 2. The molecule has 1 aliphatic rings. The van der Waals surface area contributed by atoms with E-state index in [-0.39, 0.29) is 29.1 Å². The van der Waals surface area contributed by atoms with Gasteiger partial charge in [-0.25, -0.2) is 8.42 Å². The van der Waals surface area contributed by atoms with Crippen molar-refractivity contribution in [1.29, 1.82) is 0 Å². The zero-order valence-corrected chi connectivity index (χ0v) is 15.8. The third-order valence-corrected chi connectivity index (χ3v) is 5.52. The summed E-state index contributed by atoms with van der Waals surface area (Å²) >= 11 is 0. The van der Waals surface area contributed by atoms with E-state index in [1.54, 1.807) is 6.92 Å². The number of para-hydroxylation sites is 1. The smallest absolute Gasteiger partial charge is 0.418 e. The molecule has 0 spiro atoms. The van der Waals surface area contributed by atoms with Crippen LogP contribution in [0.1, 0.15) is 19.4 Å². The number of alkyl halides is 3. The predicted octanol–water partition coefficient (Wildman–Crippen LogP) is 3.64. The van der Waals surface area contributed by atoms with Crippen LogP contribution in [0.25, 0.3) is 0 Å². The Morgan fingerprint density at radius 1 is 1.21 bits per heavy atom. The normalized spacial score (nSPS) is 16.9. The van der Waals surface area contributed by atoms with Crippen molar-refractivity contribution in [1.82, 2.24) is 0 Å². The van der Waals surface area contributed by atoms with Crippen molar-refractivity contribution in [2.75, 3.05) is 16.2 Å². The van der Waals surface area contributed by atoms with Crippen LogP contribution in [0.4, 0.5) is 24.5 Å². The molecule has 3 rings (SSSR count). The van der Waals surface area contributed by atoms with Gasteiger partial charge in [-0.1, -0.05) is 12.1 Å². The molecule has 0 aromatic heterocycles. The van der Waals surface area contributed by atoms with Crippen LogP contribution in [0.15, 0.2) is 47.4 Å². The van der Waals surface area contributed by atoms with Crippen molar-refractivity contribution in [3.8, 4) is 5.75 Å². The molecular formula is C18H17F3N2O4S. The van der Waals surface area contributed by atoms with Crippen LogP contribution >= 0.6 is 0 Å². The van der Waals surface area contributed by atoms with Crippen molar-refractivity contribution < 1.29 is 31.1 Å². The molecule has 2 aromatic carbocycles. The second-order valence-corrected chi connectivity index (χ2v) is 8.02.